The van der Waals surface area contributed by atoms with E-state index in [1.165, 1.54) is 12.8 Å². The van der Waals surface area contributed by atoms with Gasteiger partial charge >= 0.3 is 0 Å². The van der Waals surface area contributed by atoms with Crippen molar-refractivity contribution in [3.63, 3.8) is 0 Å². The Morgan fingerprint density at radius 1 is 1.57 bits per heavy atom. The van der Waals surface area contributed by atoms with E-state index in [9.17, 15) is 0 Å². The molecule has 1 fully saturated rings. The zero-order chi connectivity index (χ0) is 9.80. The third-order valence-corrected chi connectivity index (χ3v) is 2.85. The zero-order valence-electron chi connectivity index (χ0n) is 7.96. The maximum atomic E-state index is 4.10. The van der Waals surface area contributed by atoms with E-state index in [1.54, 1.807) is 6.20 Å². The maximum Gasteiger partial charge on any atom is 0.0538 e. The van der Waals surface area contributed by atoms with Crippen LogP contribution in [0.25, 0.3) is 0 Å². The predicted octanol–water partition coefficient (Wildman–Crippen LogP) is 2.01. The van der Waals surface area contributed by atoms with E-state index in [-0.39, 0.29) is 0 Å². The summed E-state index contributed by atoms with van der Waals surface area (Å²) in [5.41, 5.74) is 1.08. The standard InChI is InChI=1S/C10H14BrN3/c11-8-4-10(6-12-5-8)14-7-9-2-1-3-13-9/h4-6,9,13-14H,1-3,7H2. The number of nitrogens with one attached hydrogen (secondary N) is 2. The molecular weight excluding hydrogens is 242 g/mol. The number of rotatable bonds is 3. The van der Waals surface area contributed by atoms with E-state index in [1.807, 2.05) is 12.3 Å². The van der Waals surface area contributed by atoms with Crippen molar-refractivity contribution >= 4 is 21.6 Å². The minimum Gasteiger partial charge on any atom is -0.382 e. The second-order valence-corrected chi connectivity index (χ2v) is 4.48. The van der Waals surface area contributed by atoms with Crippen LogP contribution in [0.2, 0.25) is 0 Å². The van der Waals surface area contributed by atoms with E-state index in [0.717, 1.165) is 23.2 Å². The summed E-state index contributed by atoms with van der Waals surface area (Å²) in [6.45, 7) is 2.14. The van der Waals surface area contributed by atoms with Gasteiger partial charge in [-0.05, 0) is 41.4 Å². The molecule has 0 radical (unpaired) electrons. The minimum absolute atomic E-state index is 0.619. The highest BCUT2D eigenvalue weighted by molar-refractivity contribution is 9.10. The molecule has 1 aliphatic heterocycles. The van der Waals surface area contributed by atoms with Gasteiger partial charge in [0.1, 0.15) is 0 Å². The molecule has 2 N–H and O–H groups in total. The molecule has 0 bridgehead atoms. The van der Waals surface area contributed by atoms with Crippen molar-refractivity contribution in [3.05, 3.63) is 22.9 Å². The lowest BCUT2D eigenvalue weighted by atomic mass is 10.2. The van der Waals surface area contributed by atoms with Gasteiger partial charge in [-0.2, -0.15) is 0 Å². The predicted molar refractivity (Wildman–Crippen MR) is 61.5 cm³/mol. The zero-order valence-corrected chi connectivity index (χ0v) is 9.55. The average molecular weight is 256 g/mol. The molecule has 1 atom stereocenters. The topological polar surface area (TPSA) is 37.0 Å². The Hall–Kier alpha value is -0.610. The molecule has 1 aromatic rings. The van der Waals surface area contributed by atoms with Crippen molar-refractivity contribution in [2.45, 2.75) is 18.9 Å². The van der Waals surface area contributed by atoms with Crippen molar-refractivity contribution < 1.29 is 0 Å². The lowest BCUT2D eigenvalue weighted by Gasteiger charge is -2.12. The summed E-state index contributed by atoms with van der Waals surface area (Å²) < 4.78 is 1.02. The van der Waals surface area contributed by atoms with Crippen LogP contribution < -0.4 is 10.6 Å². The average Bonchev–Trinajstić information content (AvgIpc) is 2.67. The van der Waals surface area contributed by atoms with Gasteiger partial charge in [0.25, 0.3) is 0 Å². The summed E-state index contributed by atoms with van der Waals surface area (Å²) in [4.78, 5) is 4.10. The number of aromatic nitrogens is 1. The summed E-state index contributed by atoms with van der Waals surface area (Å²) in [5.74, 6) is 0. The second kappa shape index (κ2) is 4.75. The first kappa shape index (κ1) is 9.93. The Labute approximate surface area is 92.4 Å². The number of nitrogens with zero attached hydrogens (tertiary/aromatic N) is 1. The monoisotopic (exact) mass is 255 g/mol. The Morgan fingerprint density at radius 3 is 3.21 bits per heavy atom. The molecule has 0 amide bonds. The van der Waals surface area contributed by atoms with Crippen LogP contribution >= 0.6 is 15.9 Å². The highest BCUT2D eigenvalue weighted by atomic mass is 79.9. The van der Waals surface area contributed by atoms with Gasteiger partial charge in [-0.25, -0.2) is 0 Å². The molecule has 4 heteroatoms. The summed E-state index contributed by atoms with van der Waals surface area (Å²) in [5, 5.41) is 6.82. The Bertz CT molecular complexity index is 297. The number of hydrogen-bond donors (Lipinski definition) is 2. The normalized spacial score (nSPS) is 21.1. The molecule has 1 aromatic heterocycles. The fourth-order valence-corrected chi connectivity index (χ4v) is 2.05. The lowest BCUT2D eigenvalue weighted by molar-refractivity contribution is 0.633. The molecule has 1 unspecified atom stereocenters. The molecular formula is C10H14BrN3. The van der Waals surface area contributed by atoms with E-state index in [0.29, 0.717) is 6.04 Å². The van der Waals surface area contributed by atoms with Crippen molar-refractivity contribution in [3.8, 4) is 0 Å². The second-order valence-electron chi connectivity index (χ2n) is 3.57. The molecule has 1 aliphatic rings. The minimum atomic E-state index is 0.619. The van der Waals surface area contributed by atoms with Crippen molar-refractivity contribution in [1.82, 2.24) is 10.3 Å². The van der Waals surface area contributed by atoms with E-state index in [2.05, 4.69) is 31.5 Å². The number of halogens is 1. The Kier molecular flexibility index (Phi) is 3.37. The summed E-state index contributed by atoms with van der Waals surface area (Å²) in [7, 11) is 0. The summed E-state index contributed by atoms with van der Waals surface area (Å²) >= 11 is 3.40. The van der Waals surface area contributed by atoms with Crippen LogP contribution in [0.3, 0.4) is 0 Å². The molecule has 2 heterocycles. The molecule has 14 heavy (non-hydrogen) atoms. The van der Waals surface area contributed by atoms with Gasteiger partial charge in [0.15, 0.2) is 0 Å². The summed E-state index contributed by atoms with van der Waals surface area (Å²) in [6, 6.07) is 2.66. The van der Waals surface area contributed by atoms with Gasteiger partial charge in [-0.15, -0.1) is 0 Å². The highest BCUT2D eigenvalue weighted by Gasteiger charge is 2.12. The summed E-state index contributed by atoms with van der Waals surface area (Å²) in [6.07, 6.45) is 6.20. The molecule has 3 nitrogen and oxygen atoms in total. The van der Waals surface area contributed by atoms with Gasteiger partial charge in [0.2, 0.25) is 0 Å². The van der Waals surface area contributed by atoms with Crippen LogP contribution in [0.5, 0.6) is 0 Å². The Balaban J connectivity index is 1.85. The van der Waals surface area contributed by atoms with E-state index < -0.39 is 0 Å². The third-order valence-electron chi connectivity index (χ3n) is 2.42. The van der Waals surface area contributed by atoms with Crippen LogP contribution in [-0.2, 0) is 0 Å². The van der Waals surface area contributed by atoms with Gasteiger partial charge in [-0.3, -0.25) is 4.98 Å². The first-order chi connectivity index (χ1) is 6.84. The Morgan fingerprint density at radius 2 is 2.50 bits per heavy atom. The van der Waals surface area contributed by atoms with Crippen molar-refractivity contribution in [1.29, 1.82) is 0 Å². The van der Waals surface area contributed by atoms with Crippen LogP contribution in [0.4, 0.5) is 5.69 Å². The van der Waals surface area contributed by atoms with Gasteiger partial charge in [-0.1, -0.05) is 0 Å². The van der Waals surface area contributed by atoms with Crippen LogP contribution in [0.15, 0.2) is 22.9 Å². The fourth-order valence-electron chi connectivity index (χ4n) is 1.68. The molecule has 0 aliphatic carbocycles. The molecule has 0 saturated carbocycles. The van der Waals surface area contributed by atoms with Gasteiger partial charge < -0.3 is 10.6 Å². The van der Waals surface area contributed by atoms with Crippen molar-refractivity contribution in [2.24, 2.45) is 0 Å². The number of pyridine rings is 1. The molecule has 0 aromatic carbocycles. The smallest absolute Gasteiger partial charge is 0.0538 e. The van der Waals surface area contributed by atoms with Gasteiger partial charge in [0.05, 0.1) is 11.9 Å². The lowest BCUT2D eigenvalue weighted by Crippen LogP contribution is -2.29. The van der Waals surface area contributed by atoms with Crippen LogP contribution in [0.1, 0.15) is 12.8 Å². The molecule has 1 saturated heterocycles. The fraction of sp³-hybridized carbons (Fsp3) is 0.500. The first-order valence-corrected chi connectivity index (χ1v) is 5.72. The van der Waals surface area contributed by atoms with Crippen molar-refractivity contribution in [2.75, 3.05) is 18.4 Å². The third kappa shape index (κ3) is 2.69. The van der Waals surface area contributed by atoms with Crippen LogP contribution in [-0.4, -0.2) is 24.1 Å². The van der Waals surface area contributed by atoms with E-state index >= 15 is 0 Å². The quantitative estimate of drug-likeness (QED) is 0.868. The SMILES string of the molecule is Brc1cncc(NCC2CCCN2)c1. The van der Waals surface area contributed by atoms with Gasteiger partial charge in [0, 0.05) is 23.3 Å². The molecule has 2 rings (SSSR count). The number of anilines is 1. The largest absolute Gasteiger partial charge is 0.382 e. The van der Waals surface area contributed by atoms with E-state index in [4.69, 9.17) is 0 Å². The highest BCUT2D eigenvalue weighted by Crippen LogP contribution is 2.14. The first-order valence-electron chi connectivity index (χ1n) is 4.92. The molecule has 0 spiro atoms. The van der Waals surface area contributed by atoms with Crippen LogP contribution in [0, 0.1) is 0 Å². The number of hydrogen-bond acceptors (Lipinski definition) is 3. The maximum absolute atomic E-state index is 4.10. The molecule has 76 valence electrons.